The van der Waals surface area contributed by atoms with Crippen molar-refractivity contribution in [3.8, 4) is 11.5 Å². The van der Waals surface area contributed by atoms with Crippen LogP contribution in [-0.2, 0) is 21.4 Å². The normalized spacial score (nSPS) is 17.7. The van der Waals surface area contributed by atoms with Crippen LogP contribution in [0.3, 0.4) is 0 Å². The summed E-state index contributed by atoms with van der Waals surface area (Å²) < 4.78 is 43.9. The second-order valence-electron chi connectivity index (χ2n) is 8.40. The Labute approximate surface area is 204 Å². The van der Waals surface area contributed by atoms with Crippen LogP contribution in [0.5, 0.6) is 11.5 Å². The first-order chi connectivity index (χ1) is 17.0. The highest BCUT2D eigenvalue weighted by Crippen LogP contribution is 2.38. The molecule has 1 aromatic heterocycles. The van der Waals surface area contributed by atoms with Gasteiger partial charge in [0.15, 0.2) is 11.5 Å². The number of likely N-dealkylation sites (tertiary alicyclic amines) is 1. The minimum atomic E-state index is -3.67. The maximum Gasteiger partial charge on any atom is 0.247 e. The standard InChI is InChI=1S/C26H26N2O6S/c29-26(28-13-1-4-23(28)20-8-11-24-25(17-20)34-16-15-33-24)12-7-19-5-9-22(10-6-19)35(30,31)27-18-21-3-2-14-32-21/h2-3,5-12,14,17,23,27H,1,4,13,15-16,18H2. The number of rotatable bonds is 7. The first kappa shape index (κ1) is 23.2. The Kier molecular flexibility index (Phi) is 6.61. The molecular weight excluding hydrogens is 468 g/mol. The summed E-state index contributed by atoms with van der Waals surface area (Å²) in [5.41, 5.74) is 1.77. The molecule has 0 radical (unpaired) electrons. The van der Waals surface area contributed by atoms with E-state index in [-0.39, 0.29) is 23.4 Å². The summed E-state index contributed by atoms with van der Waals surface area (Å²) >= 11 is 0. The van der Waals surface area contributed by atoms with Gasteiger partial charge in [0.1, 0.15) is 19.0 Å². The molecule has 2 aliphatic rings. The third kappa shape index (κ3) is 5.26. The van der Waals surface area contributed by atoms with Gasteiger partial charge in [0.05, 0.1) is 23.7 Å². The quantitative estimate of drug-likeness (QED) is 0.500. The zero-order valence-corrected chi connectivity index (χ0v) is 19.9. The molecule has 35 heavy (non-hydrogen) atoms. The average Bonchev–Trinajstić information content (AvgIpc) is 3.59. The van der Waals surface area contributed by atoms with E-state index < -0.39 is 10.0 Å². The van der Waals surface area contributed by atoms with Crippen molar-refractivity contribution in [2.75, 3.05) is 19.8 Å². The highest BCUT2D eigenvalue weighted by atomic mass is 32.2. The number of fused-ring (bicyclic) bond motifs is 1. The molecule has 0 saturated carbocycles. The third-order valence-corrected chi connectivity index (χ3v) is 7.53. The van der Waals surface area contributed by atoms with Crippen LogP contribution < -0.4 is 14.2 Å². The summed E-state index contributed by atoms with van der Waals surface area (Å²) in [6.07, 6.45) is 6.54. The number of nitrogens with one attached hydrogen (secondary N) is 1. The van der Waals surface area contributed by atoms with Crippen molar-refractivity contribution >= 4 is 22.0 Å². The van der Waals surface area contributed by atoms with Crippen molar-refractivity contribution in [1.29, 1.82) is 0 Å². The summed E-state index contributed by atoms with van der Waals surface area (Å²) in [6.45, 7) is 1.82. The number of furan rings is 1. The first-order valence-electron chi connectivity index (χ1n) is 11.5. The molecule has 5 rings (SSSR count). The number of carbonyl (C=O) groups excluding carboxylic acids is 1. The number of benzene rings is 2. The van der Waals surface area contributed by atoms with E-state index in [0.717, 1.165) is 35.5 Å². The number of hydrogen-bond donors (Lipinski definition) is 1. The van der Waals surface area contributed by atoms with Gasteiger partial charge in [-0.2, -0.15) is 0 Å². The highest BCUT2D eigenvalue weighted by Gasteiger charge is 2.29. The fourth-order valence-corrected chi connectivity index (χ4v) is 5.32. The van der Waals surface area contributed by atoms with E-state index in [1.165, 1.54) is 24.5 Å². The molecular formula is C26H26N2O6S. The van der Waals surface area contributed by atoms with Gasteiger partial charge < -0.3 is 18.8 Å². The monoisotopic (exact) mass is 494 g/mol. The molecule has 1 saturated heterocycles. The van der Waals surface area contributed by atoms with E-state index in [1.54, 1.807) is 30.3 Å². The van der Waals surface area contributed by atoms with E-state index in [0.29, 0.717) is 25.5 Å². The lowest BCUT2D eigenvalue weighted by Crippen LogP contribution is -2.29. The zero-order valence-electron chi connectivity index (χ0n) is 19.1. The second kappa shape index (κ2) is 9.97. The highest BCUT2D eigenvalue weighted by molar-refractivity contribution is 7.89. The van der Waals surface area contributed by atoms with Gasteiger partial charge in [-0.3, -0.25) is 4.79 Å². The number of amides is 1. The molecule has 3 aromatic rings. The molecule has 8 nitrogen and oxygen atoms in total. The predicted molar refractivity (Wildman–Crippen MR) is 129 cm³/mol. The summed E-state index contributed by atoms with van der Waals surface area (Å²) in [7, 11) is -3.67. The van der Waals surface area contributed by atoms with Crippen LogP contribution in [0.25, 0.3) is 6.08 Å². The van der Waals surface area contributed by atoms with Gasteiger partial charge >= 0.3 is 0 Å². The van der Waals surface area contributed by atoms with Crippen LogP contribution in [0, 0.1) is 0 Å². The smallest absolute Gasteiger partial charge is 0.247 e. The molecule has 1 atom stereocenters. The molecule has 1 unspecified atom stereocenters. The largest absolute Gasteiger partial charge is 0.486 e. The van der Waals surface area contributed by atoms with Gasteiger partial charge in [0, 0.05) is 12.6 Å². The van der Waals surface area contributed by atoms with Gasteiger partial charge in [0.2, 0.25) is 15.9 Å². The Hall–Kier alpha value is -3.56. The van der Waals surface area contributed by atoms with E-state index in [1.807, 2.05) is 23.1 Å². The van der Waals surface area contributed by atoms with E-state index in [4.69, 9.17) is 13.9 Å². The average molecular weight is 495 g/mol. The van der Waals surface area contributed by atoms with Crippen molar-refractivity contribution in [2.45, 2.75) is 30.3 Å². The van der Waals surface area contributed by atoms with E-state index in [9.17, 15) is 13.2 Å². The van der Waals surface area contributed by atoms with Crippen LogP contribution in [0.15, 0.2) is 76.2 Å². The van der Waals surface area contributed by atoms with Crippen molar-refractivity contribution in [3.05, 3.63) is 83.8 Å². The molecule has 1 amide bonds. The fraction of sp³-hybridized carbons (Fsp3) is 0.269. The van der Waals surface area contributed by atoms with Gasteiger partial charge in [-0.05, 0) is 66.4 Å². The minimum Gasteiger partial charge on any atom is -0.486 e. The van der Waals surface area contributed by atoms with Crippen molar-refractivity contribution in [2.24, 2.45) is 0 Å². The molecule has 9 heteroatoms. The van der Waals surface area contributed by atoms with Crippen molar-refractivity contribution < 1.29 is 27.1 Å². The SMILES string of the molecule is O=C(C=Cc1ccc(S(=O)(=O)NCc2ccco2)cc1)N1CCCC1c1ccc2c(c1)OCCO2. The lowest BCUT2D eigenvalue weighted by atomic mass is 10.0. The molecule has 1 N–H and O–H groups in total. The predicted octanol–water partition coefficient (Wildman–Crippen LogP) is 3.91. The van der Waals surface area contributed by atoms with Gasteiger partial charge in [-0.15, -0.1) is 0 Å². The van der Waals surface area contributed by atoms with E-state index in [2.05, 4.69) is 4.72 Å². The zero-order chi connectivity index (χ0) is 24.3. The van der Waals surface area contributed by atoms with Gasteiger partial charge in [-0.1, -0.05) is 18.2 Å². The number of hydrogen-bond acceptors (Lipinski definition) is 6. The summed E-state index contributed by atoms with van der Waals surface area (Å²) in [4.78, 5) is 15.0. The Morgan fingerprint density at radius 3 is 2.63 bits per heavy atom. The van der Waals surface area contributed by atoms with Crippen molar-refractivity contribution in [3.63, 3.8) is 0 Å². The number of carbonyl (C=O) groups is 1. The molecule has 182 valence electrons. The van der Waals surface area contributed by atoms with Crippen molar-refractivity contribution in [1.82, 2.24) is 9.62 Å². The van der Waals surface area contributed by atoms with Crippen LogP contribution in [-0.4, -0.2) is 39.0 Å². The Morgan fingerprint density at radius 2 is 1.86 bits per heavy atom. The summed E-state index contributed by atoms with van der Waals surface area (Å²) in [6, 6.07) is 15.6. The molecule has 1 fully saturated rings. The lowest BCUT2D eigenvalue weighted by molar-refractivity contribution is -0.126. The molecule has 0 bridgehead atoms. The molecule has 0 aliphatic carbocycles. The first-order valence-corrected chi connectivity index (χ1v) is 13.0. The number of nitrogens with zero attached hydrogens (tertiary/aromatic N) is 1. The Bertz CT molecular complexity index is 1320. The summed E-state index contributed by atoms with van der Waals surface area (Å²) in [5, 5.41) is 0. The van der Waals surface area contributed by atoms with Gasteiger partial charge in [-0.25, -0.2) is 13.1 Å². The number of ether oxygens (including phenoxy) is 2. The Balaban J connectivity index is 1.23. The maximum absolute atomic E-state index is 13.0. The van der Waals surface area contributed by atoms with Gasteiger partial charge in [0.25, 0.3) is 0 Å². The molecule has 0 spiro atoms. The lowest BCUT2D eigenvalue weighted by Gasteiger charge is -2.26. The summed E-state index contributed by atoms with van der Waals surface area (Å²) in [5.74, 6) is 1.90. The van der Waals surface area contributed by atoms with Crippen LogP contribution in [0.1, 0.15) is 35.8 Å². The van der Waals surface area contributed by atoms with Crippen LogP contribution in [0.2, 0.25) is 0 Å². The minimum absolute atomic E-state index is 0.0178. The maximum atomic E-state index is 13.0. The molecule has 2 aromatic carbocycles. The van der Waals surface area contributed by atoms with Crippen LogP contribution in [0.4, 0.5) is 0 Å². The fourth-order valence-electron chi connectivity index (χ4n) is 4.33. The third-order valence-electron chi connectivity index (χ3n) is 6.11. The number of sulfonamides is 1. The molecule has 3 heterocycles. The second-order valence-corrected chi connectivity index (χ2v) is 10.2. The van der Waals surface area contributed by atoms with E-state index >= 15 is 0 Å². The Morgan fingerprint density at radius 1 is 1.06 bits per heavy atom. The topological polar surface area (TPSA) is 98.1 Å². The molecule has 2 aliphatic heterocycles. The van der Waals surface area contributed by atoms with Crippen LogP contribution >= 0.6 is 0 Å².